The molecule has 0 saturated heterocycles. The topological polar surface area (TPSA) is 23.8 Å². The Labute approximate surface area is 92.7 Å². The van der Waals surface area contributed by atoms with Crippen molar-refractivity contribution in [3.63, 3.8) is 0 Å². The van der Waals surface area contributed by atoms with Crippen LogP contribution in [0.5, 0.6) is 0 Å². The molecule has 0 bridgehead atoms. The molecule has 1 aromatic carbocycles. The zero-order chi connectivity index (χ0) is 11.3. The zero-order valence-electron chi connectivity index (χ0n) is 9.83. The quantitative estimate of drug-likeness (QED) is 0.721. The Hall–Kier alpha value is -1.29. The highest BCUT2D eigenvalue weighted by Gasteiger charge is 2.20. The van der Waals surface area contributed by atoms with E-state index in [0.29, 0.717) is 5.92 Å². The maximum absolute atomic E-state index is 9.29. The normalized spacial score (nSPS) is 12.5. The number of nitrogens with zero attached hydrogens (tertiary/aromatic N) is 1. The summed E-state index contributed by atoms with van der Waals surface area (Å²) in [5, 5.41) is 9.29. The molecule has 0 N–H and O–H groups in total. The van der Waals surface area contributed by atoms with E-state index in [1.807, 2.05) is 12.1 Å². The van der Waals surface area contributed by atoms with Crippen LogP contribution in [0.4, 0.5) is 0 Å². The second-order valence-electron chi connectivity index (χ2n) is 4.04. The van der Waals surface area contributed by atoms with Gasteiger partial charge in [0.25, 0.3) is 0 Å². The highest BCUT2D eigenvalue weighted by Crippen LogP contribution is 2.30. The first kappa shape index (κ1) is 11.8. The van der Waals surface area contributed by atoms with Gasteiger partial charge in [0, 0.05) is 0 Å². The van der Waals surface area contributed by atoms with Gasteiger partial charge in [-0.25, -0.2) is 0 Å². The van der Waals surface area contributed by atoms with Gasteiger partial charge in [-0.2, -0.15) is 5.26 Å². The molecule has 0 amide bonds. The molecule has 80 valence electrons. The summed E-state index contributed by atoms with van der Waals surface area (Å²) < 4.78 is 0. The number of hydrogen-bond acceptors (Lipinski definition) is 1. The van der Waals surface area contributed by atoms with Crippen molar-refractivity contribution < 1.29 is 0 Å². The third-order valence-corrected chi connectivity index (χ3v) is 3.18. The highest BCUT2D eigenvalue weighted by atomic mass is 14.3. The first-order valence-corrected chi connectivity index (χ1v) is 5.69. The van der Waals surface area contributed by atoms with Crippen molar-refractivity contribution in [2.24, 2.45) is 5.92 Å². The Morgan fingerprint density at radius 3 is 2.27 bits per heavy atom. The van der Waals surface area contributed by atoms with Gasteiger partial charge in [-0.1, -0.05) is 51.0 Å². The highest BCUT2D eigenvalue weighted by molar-refractivity contribution is 5.33. The molecule has 0 spiro atoms. The second-order valence-corrected chi connectivity index (χ2v) is 4.04. The molecular weight excluding hydrogens is 182 g/mol. The number of benzene rings is 1. The monoisotopic (exact) mass is 201 g/mol. The fourth-order valence-corrected chi connectivity index (χ4v) is 2.12. The molecule has 0 saturated carbocycles. The van der Waals surface area contributed by atoms with Crippen molar-refractivity contribution >= 4 is 0 Å². The molecule has 1 nitrogen and oxygen atoms in total. The summed E-state index contributed by atoms with van der Waals surface area (Å²) in [5.74, 6) is 0.539. The van der Waals surface area contributed by atoms with Crippen LogP contribution in [0, 0.1) is 24.2 Å². The van der Waals surface area contributed by atoms with Crippen molar-refractivity contribution in [2.45, 2.75) is 39.5 Å². The predicted octanol–water partition coefficient (Wildman–Crippen LogP) is 4.04. The Morgan fingerprint density at radius 1 is 1.20 bits per heavy atom. The summed E-state index contributed by atoms with van der Waals surface area (Å²) in [6.45, 7) is 6.41. The van der Waals surface area contributed by atoms with E-state index in [1.54, 1.807) is 0 Å². The Bertz CT molecular complexity index is 345. The first-order valence-electron chi connectivity index (χ1n) is 5.69. The van der Waals surface area contributed by atoms with Crippen LogP contribution in [-0.4, -0.2) is 0 Å². The molecule has 1 heteroatoms. The van der Waals surface area contributed by atoms with Crippen LogP contribution in [-0.2, 0) is 0 Å². The fraction of sp³-hybridized carbons (Fsp3) is 0.500. The lowest BCUT2D eigenvalue weighted by atomic mass is 9.82. The van der Waals surface area contributed by atoms with Crippen molar-refractivity contribution in [3.8, 4) is 6.07 Å². The minimum atomic E-state index is 0.0567. The lowest BCUT2D eigenvalue weighted by Gasteiger charge is -2.20. The van der Waals surface area contributed by atoms with Gasteiger partial charge >= 0.3 is 0 Å². The van der Waals surface area contributed by atoms with E-state index >= 15 is 0 Å². The van der Waals surface area contributed by atoms with Crippen LogP contribution in [0.25, 0.3) is 0 Å². The molecule has 0 fully saturated rings. The van der Waals surface area contributed by atoms with E-state index in [4.69, 9.17) is 0 Å². The first-order chi connectivity index (χ1) is 7.24. The largest absolute Gasteiger partial charge is 0.198 e. The van der Waals surface area contributed by atoms with Gasteiger partial charge < -0.3 is 0 Å². The lowest BCUT2D eigenvalue weighted by molar-refractivity contribution is 0.452. The van der Waals surface area contributed by atoms with Crippen molar-refractivity contribution in [3.05, 3.63) is 35.4 Å². The average Bonchev–Trinajstić information content (AvgIpc) is 2.27. The summed E-state index contributed by atoms with van der Waals surface area (Å²) in [7, 11) is 0. The Balaban J connectivity index is 3.03. The van der Waals surface area contributed by atoms with Crippen molar-refractivity contribution in [2.75, 3.05) is 0 Å². The van der Waals surface area contributed by atoms with Crippen molar-refractivity contribution in [1.82, 2.24) is 0 Å². The van der Waals surface area contributed by atoms with Gasteiger partial charge in [0.1, 0.15) is 0 Å². The van der Waals surface area contributed by atoms with E-state index in [2.05, 4.69) is 39.0 Å². The van der Waals surface area contributed by atoms with Crippen LogP contribution in [0.1, 0.15) is 43.7 Å². The molecule has 0 aliphatic rings. The Kier molecular flexibility index (Phi) is 4.37. The van der Waals surface area contributed by atoms with E-state index in [-0.39, 0.29) is 5.92 Å². The van der Waals surface area contributed by atoms with E-state index in [1.165, 1.54) is 11.1 Å². The van der Waals surface area contributed by atoms with Gasteiger partial charge in [-0.15, -0.1) is 0 Å². The molecule has 0 aliphatic heterocycles. The molecule has 1 aromatic rings. The fourth-order valence-electron chi connectivity index (χ4n) is 2.12. The predicted molar refractivity (Wildman–Crippen MR) is 63.6 cm³/mol. The minimum Gasteiger partial charge on any atom is -0.198 e. The number of aryl methyl sites for hydroxylation is 1. The van der Waals surface area contributed by atoms with Gasteiger partial charge in [0.15, 0.2) is 0 Å². The summed E-state index contributed by atoms with van der Waals surface area (Å²) in [4.78, 5) is 0. The van der Waals surface area contributed by atoms with Crippen LogP contribution >= 0.6 is 0 Å². The van der Waals surface area contributed by atoms with Gasteiger partial charge in [0.05, 0.1) is 12.0 Å². The van der Waals surface area contributed by atoms with E-state index in [0.717, 1.165) is 12.8 Å². The number of nitriles is 1. The summed E-state index contributed by atoms with van der Waals surface area (Å²) in [5.41, 5.74) is 2.43. The third-order valence-electron chi connectivity index (χ3n) is 3.18. The van der Waals surface area contributed by atoms with Crippen LogP contribution in [0.15, 0.2) is 24.3 Å². The average molecular weight is 201 g/mol. The minimum absolute atomic E-state index is 0.0567. The molecule has 0 aromatic heterocycles. The standard InChI is InChI=1S/C14H19N/c1-4-12(5-2)14(10-15)13-9-7-6-8-11(13)3/h6-9,12,14H,4-5H2,1-3H3. The van der Waals surface area contributed by atoms with E-state index < -0.39 is 0 Å². The Morgan fingerprint density at radius 2 is 1.80 bits per heavy atom. The van der Waals surface area contributed by atoms with Crippen LogP contribution in [0.2, 0.25) is 0 Å². The summed E-state index contributed by atoms with van der Waals surface area (Å²) in [6.07, 6.45) is 2.14. The molecule has 15 heavy (non-hydrogen) atoms. The van der Waals surface area contributed by atoms with Gasteiger partial charge in [0.2, 0.25) is 0 Å². The molecule has 0 heterocycles. The molecule has 0 aliphatic carbocycles. The zero-order valence-corrected chi connectivity index (χ0v) is 9.83. The third kappa shape index (κ3) is 2.59. The SMILES string of the molecule is CCC(CC)C(C#N)c1ccccc1C. The van der Waals surface area contributed by atoms with Gasteiger partial charge in [-0.05, 0) is 24.0 Å². The van der Waals surface area contributed by atoms with Crippen molar-refractivity contribution in [1.29, 1.82) is 5.26 Å². The maximum atomic E-state index is 9.29. The number of hydrogen-bond donors (Lipinski definition) is 0. The lowest BCUT2D eigenvalue weighted by Crippen LogP contribution is -2.10. The molecular formula is C14H19N. The summed E-state index contributed by atoms with van der Waals surface area (Å²) >= 11 is 0. The number of rotatable bonds is 4. The second kappa shape index (κ2) is 5.56. The molecule has 1 unspecified atom stereocenters. The maximum Gasteiger partial charge on any atom is 0.0743 e. The molecule has 0 radical (unpaired) electrons. The molecule has 1 rings (SSSR count). The summed E-state index contributed by atoms with van der Waals surface area (Å²) in [6, 6.07) is 10.7. The van der Waals surface area contributed by atoms with Gasteiger partial charge in [-0.3, -0.25) is 0 Å². The molecule has 1 atom stereocenters. The van der Waals surface area contributed by atoms with E-state index in [9.17, 15) is 5.26 Å². The smallest absolute Gasteiger partial charge is 0.0743 e. The van der Waals surface area contributed by atoms with Crippen LogP contribution < -0.4 is 0 Å². The van der Waals surface area contributed by atoms with Crippen LogP contribution in [0.3, 0.4) is 0 Å².